The van der Waals surface area contributed by atoms with Crippen molar-refractivity contribution >= 4 is 28.4 Å². The fourth-order valence-electron chi connectivity index (χ4n) is 3.84. The maximum absolute atomic E-state index is 12.7. The van der Waals surface area contributed by atoms with Gasteiger partial charge in [0.05, 0.1) is 11.1 Å². The number of carbonyl (C=O) groups excluding carboxylic acids is 1. The lowest BCUT2D eigenvalue weighted by molar-refractivity contribution is 0.0923. The van der Waals surface area contributed by atoms with Gasteiger partial charge in [-0.1, -0.05) is 36.6 Å². The van der Waals surface area contributed by atoms with E-state index in [-0.39, 0.29) is 11.8 Å². The van der Waals surface area contributed by atoms with E-state index >= 15 is 0 Å². The van der Waals surface area contributed by atoms with Crippen LogP contribution in [0, 0.1) is 5.92 Å². The second-order valence-corrected chi connectivity index (χ2v) is 6.65. The molecule has 2 fully saturated rings. The molecule has 1 aromatic carbocycles. The molecule has 21 heavy (non-hydrogen) atoms. The van der Waals surface area contributed by atoms with Crippen LogP contribution < -0.4 is 5.32 Å². The SMILES string of the molecule is O=C(c1cc2cccc(Cl)c2o1)C1CC2CCCCC2N1. The Balaban J connectivity index is 1.60. The number of benzene rings is 1. The maximum Gasteiger partial charge on any atom is 0.214 e. The molecule has 2 aliphatic rings. The maximum atomic E-state index is 12.7. The highest BCUT2D eigenvalue weighted by molar-refractivity contribution is 6.34. The van der Waals surface area contributed by atoms with E-state index in [4.69, 9.17) is 16.0 Å². The van der Waals surface area contributed by atoms with Crippen LogP contribution in [0.25, 0.3) is 11.0 Å². The molecule has 1 saturated heterocycles. The molecule has 3 nitrogen and oxygen atoms in total. The zero-order valence-electron chi connectivity index (χ0n) is 11.8. The highest BCUT2D eigenvalue weighted by Crippen LogP contribution is 2.35. The molecule has 0 bridgehead atoms. The second kappa shape index (κ2) is 5.15. The van der Waals surface area contributed by atoms with Crippen molar-refractivity contribution in [1.29, 1.82) is 0 Å². The standard InChI is InChI=1S/C17H18ClNO2/c18-12-6-3-5-11-9-15(21-17(11)12)16(20)14-8-10-4-1-2-7-13(10)19-14/h3,5-6,9-10,13-14,19H,1-2,4,7-8H2. The molecule has 0 spiro atoms. The van der Waals surface area contributed by atoms with Crippen LogP contribution in [0.5, 0.6) is 0 Å². The summed E-state index contributed by atoms with van der Waals surface area (Å²) in [6.07, 6.45) is 5.95. The van der Waals surface area contributed by atoms with Crippen LogP contribution in [0.3, 0.4) is 0 Å². The Morgan fingerprint density at radius 1 is 1.29 bits per heavy atom. The minimum atomic E-state index is -0.0996. The van der Waals surface area contributed by atoms with Crippen LogP contribution in [0.15, 0.2) is 28.7 Å². The zero-order chi connectivity index (χ0) is 14.4. The van der Waals surface area contributed by atoms with Crippen LogP contribution in [0.2, 0.25) is 5.02 Å². The Kier molecular flexibility index (Phi) is 3.27. The Labute approximate surface area is 128 Å². The quantitative estimate of drug-likeness (QED) is 0.846. The average Bonchev–Trinajstić information content (AvgIpc) is 3.11. The summed E-state index contributed by atoms with van der Waals surface area (Å²) >= 11 is 6.11. The van der Waals surface area contributed by atoms with Crippen LogP contribution in [-0.4, -0.2) is 17.9 Å². The minimum absolute atomic E-state index is 0.0664. The molecular weight excluding hydrogens is 286 g/mol. The third kappa shape index (κ3) is 2.29. The lowest BCUT2D eigenvalue weighted by Crippen LogP contribution is -2.37. The van der Waals surface area contributed by atoms with Crippen molar-refractivity contribution in [2.45, 2.75) is 44.2 Å². The number of furan rings is 1. The smallest absolute Gasteiger partial charge is 0.214 e. The molecular formula is C17H18ClNO2. The van der Waals surface area contributed by atoms with E-state index in [1.807, 2.05) is 18.2 Å². The Bertz CT molecular complexity index is 679. The number of ketones is 1. The molecule has 3 atom stereocenters. The number of nitrogens with one attached hydrogen (secondary N) is 1. The number of hydrogen-bond acceptors (Lipinski definition) is 3. The van der Waals surface area contributed by atoms with Crippen molar-refractivity contribution in [3.05, 3.63) is 35.0 Å². The first kappa shape index (κ1) is 13.4. The lowest BCUT2D eigenvalue weighted by Gasteiger charge is -2.24. The number of fused-ring (bicyclic) bond motifs is 2. The van der Waals surface area contributed by atoms with Gasteiger partial charge in [-0.3, -0.25) is 4.79 Å². The summed E-state index contributed by atoms with van der Waals surface area (Å²) in [6, 6.07) is 7.80. The number of rotatable bonds is 2. The average molecular weight is 304 g/mol. The zero-order valence-corrected chi connectivity index (χ0v) is 12.5. The molecule has 2 aromatic rings. The highest BCUT2D eigenvalue weighted by Gasteiger charge is 2.39. The Hall–Kier alpha value is -1.32. The summed E-state index contributed by atoms with van der Waals surface area (Å²) in [5, 5.41) is 4.95. The fraction of sp³-hybridized carbons (Fsp3) is 0.471. The molecule has 0 amide bonds. The predicted octanol–water partition coefficient (Wildman–Crippen LogP) is 4.19. The van der Waals surface area contributed by atoms with Crippen molar-refractivity contribution in [2.24, 2.45) is 5.92 Å². The first-order chi connectivity index (χ1) is 10.2. The first-order valence-corrected chi connectivity index (χ1v) is 8.08. The van der Waals surface area contributed by atoms with E-state index in [0.717, 1.165) is 11.8 Å². The minimum Gasteiger partial charge on any atom is -0.451 e. The Morgan fingerprint density at radius 2 is 2.14 bits per heavy atom. The van der Waals surface area contributed by atoms with E-state index < -0.39 is 0 Å². The molecule has 4 heteroatoms. The van der Waals surface area contributed by atoms with Gasteiger partial charge in [0.1, 0.15) is 0 Å². The van der Waals surface area contributed by atoms with Gasteiger partial charge >= 0.3 is 0 Å². The normalized spacial score (nSPS) is 28.7. The van der Waals surface area contributed by atoms with E-state index in [1.165, 1.54) is 25.7 Å². The van der Waals surface area contributed by atoms with Gasteiger partial charge in [-0.15, -0.1) is 0 Å². The summed E-state index contributed by atoms with van der Waals surface area (Å²) in [5.41, 5.74) is 0.609. The van der Waals surface area contributed by atoms with Crippen LogP contribution >= 0.6 is 11.6 Å². The second-order valence-electron chi connectivity index (χ2n) is 6.24. The molecule has 1 aliphatic heterocycles. The number of halogens is 1. The summed E-state index contributed by atoms with van der Waals surface area (Å²) in [4.78, 5) is 12.7. The fourth-order valence-corrected chi connectivity index (χ4v) is 4.06. The highest BCUT2D eigenvalue weighted by atomic mass is 35.5. The molecule has 1 aromatic heterocycles. The summed E-state index contributed by atoms with van der Waals surface area (Å²) < 4.78 is 5.70. The lowest BCUT2D eigenvalue weighted by atomic mass is 9.85. The van der Waals surface area contributed by atoms with Gasteiger partial charge in [-0.05, 0) is 37.3 Å². The summed E-state index contributed by atoms with van der Waals surface area (Å²) in [7, 11) is 0. The van der Waals surface area contributed by atoms with Crippen molar-refractivity contribution < 1.29 is 9.21 Å². The summed E-state index contributed by atoms with van der Waals surface area (Å²) in [6.45, 7) is 0. The number of para-hydroxylation sites is 1. The van der Waals surface area contributed by atoms with E-state index in [0.29, 0.717) is 28.3 Å². The van der Waals surface area contributed by atoms with Crippen LogP contribution in [0.4, 0.5) is 0 Å². The molecule has 2 heterocycles. The van der Waals surface area contributed by atoms with Crippen LogP contribution in [0.1, 0.15) is 42.7 Å². The predicted molar refractivity (Wildman–Crippen MR) is 82.8 cm³/mol. The van der Waals surface area contributed by atoms with Gasteiger partial charge < -0.3 is 9.73 Å². The molecule has 1 aliphatic carbocycles. The van der Waals surface area contributed by atoms with Gasteiger partial charge in [0.2, 0.25) is 5.78 Å². The van der Waals surface area contributed by atoms with Crippen molar-refractivity contribution in [1.82, 2.24) is 5.32 Å². The van der Waals surface area contributed by atoms with Crippen molar-refractivity contribution in [3.8, 4) is 0 Å². The van der Waals surface area contributed by atoms with Crippen LogP contribution in [-0.2, 0) is 0 Å². The number of carbonyl (C=O) groups is 1. The third-order valence-electron chi connectivity index (χ3n) is 4.92. The van der Waals surface area contributed by atoms with Gasteiger partial charge in [0, 0.05) is 11.4 Å². The van der Waals surface area contributed by atoms with Gasteiger partial charge in [-0.2, -0.15) is 0 Å². The largest absolute Gasteiger partial charge is 0.451 e. The molecule has 1 saturated carbocycles. The van der Waals surface area contributed by atoms with E-state index in [9.17, 15) is 4.79 Å². The third-order valence-corrected chi connectivity index (χ3v) is 5.22. The first-order valence-electron chi connectivity index (χ1n) is 7.71. The van der Waals surface area contributed by atoms with E-state index in [2.05, 4.69) is 5.32 Å². The molecule has 3 unspecified atom stereocenters. The number of Topliss-reactive ketones (excluding diaryl/α,β-unsaturated/α-hetero) is 1. The van der Waals surface area contributed by atoms with Gasteiger partial charge in [0.15, 0.2) is 11.3 Å². The molecule has 4 rings (SSSR count). The Morgan fingerprint density at radius 3 is 2.95 bits per heavy atom. The summed E-state index contributed by atoms with van der Waals surface area (Å²) in [5.74, 6) is 1.14. The van der Waals surface area contributed by atoms with Crippen molar-refractivity contribution in [2.75, 3.05) is 0 Å². The monoisotopic (exact) mass is 303 g/mol. The van der Waals surface area contributed by atoms with Gasteiger partial charge in [-0.25, -0.2) is 0 Å². The molecule has 0 radical (unpaired) electrons. The van der Waals surface area contributed by atoms with E-state index in [1.54, 1.807) is 6.07 Å². The van der Waals surface area contributed by atoms with Gasteiger partial charge in [0.25, 0.3) is 0 Å². The van der Waals surface area contributed by atoms with Crippen molar-refractivity contribution in [3.63, 3.8) is 0 Å². The topological polar surface area (TPSA) is 42.2 Å². The molecule has 1 N–H and O–H groups in total. The molecule has 110 valence electrons. The number of hydrogen-bond donors (Lipinski definition) is 1.